The molecule has 0 radical (unpaired) electrons. The van der Waals surface area contributed by atoms with Crippen LogP contribution in [0.5, 0.6) is 0 Å². The number of carbonyl (C=O) groups excluding carboxylic acids is 2. The van der Waals surface area contributed by atoms with Gasteiger partial charge in [0.2, 0.25) is 0 Å². The molecule has 0 aliphatic heterocycles. The van der Waals surface area contributed by atoms with Gasteiger partial charge in [-0.2, -0.15) is 0 Å². The van der Waals surface area contributed by atoms with Gasteiger partial charge in [0.25, 0.3) is 0 Å². The first-order chi connectivity index (χ1) is 29.4. The second-order valence-electron chi connectivity index (χ2n) is 24.9. The zero-order valence-electron chi connectivity index (χ0n) is 41.8. The number of ether oxygens (including phenoxy) is 1. The third-order valence-electron chi connectivity index (χ3n) is 22.4. The molecule has 8 aliphatic carbocycles. The molecule has 0 spiro atoms. The molecule has 0 aromatic carbocycles. The standard InChI is InChI=1S/C28H46O3.C27H48O.CH4.2HI.V/c1-7-19-23-16-17(2)12-14-28(23,5)22-13-15-27(4)20(18(3)8-11-24(29)31-6)9-10-21(27)25(22)26(19)30;1-7-9-18(4)20-10-11-21-24-22(13-15-26(20,21)5)27(6)14-12-17(3)16-23(27)19(8-2)25(24)28;;;;/h17-23,25H,7-16H2,1-6H3;17-25,28H,7-16H2,1-6H3;1H4;2*1H;/q;;;;;+2/p-2/t17-,18-,19-,20?,21?,22?,23+,25?,27-,28-;17-,18-,19-,20?,21?,22?,23+,24?,25-,26-,27-;;;;/m11..../s1. The van der Waals surface area contributed by atoms with Crippen molar-refractivity contribution in [3.8, 4) is 0 Å². The van der Waals surface area contributed by atoms with Crippen molar-refractivity contribution in [2.24, 2.45) is 116 Å². The molecular formula is C56H98I2O4V. The van der Waals surface area contributed by atoms with Gasteiger partial charge in [-0.25, -0.2) is 0 Å². The number of Topliss-reactive ketones (excluding diaryl/α,β-unsaturated/α-hetero) is 1. The van der Waals surface area contributed by atoms with Crippen molar-refractivity contribution >= 4 is 51.7 Å². The van der Waals surface area contributed by atoms with Crippen molar-refractivity contribution in [1.82, 2.24) is 0 Å². The number of hydrogen-bond donors (Lipinski definition) is 1. The Kier molecular flexibility index (Phi) is 19.7. The van der Waals surface area contributed by atoms with E-state index in [1.165, 1.54) is 116 Å². The van der Waals surface area contributed by atoms with Gasteiger partial charge in [-0.3, -0.25) is 9.59 Å². The zero-order chi connectivity index (χ0) is 45.5. The van der Waals surface area contributed by atoms with Crippen LogP contribution in [0.3, 0.4) is 0 Å². The van der Waals surface area contributed by atoms with E-state index in [9.17, 15) is 14.7 Å². The monoisotopic (exact) mass is 1140 g/mol. The second kappa shape index (κ2) is 22.5. The van der Waals surface area contributed by atoms with Crippen LogP contribution in [0.15, 0.2) is 0 Å². The molecule has 0 saturated heterocycles. The molecule has 1 N–H and O–H groups in total. The Morgan fingerprint density at radius 1 is 0.698 bits per heavy atom. The van der Waals surface area contributed by atoms with Gasteiger partial charge in [-0.05, 0) is 194 Å². The minimum atomic E-state index is -0.0889. The number of aliphatic hydroxyl groups is 1. The van der Waals surface area contributed by atoms with Crippen molar-refractivity contribution in [3.05, 3.63) is 0 Å². The summed E-state index contributed by atoms with van der Waals surface area (Å²) in [6.45, 7) is 27.1. The third-order valence-corrected chi connectivity index (χ3v) is 22.4. The van der Waals surface area contributed by atoms with Crippen LogP contribution < -0.4 is 0 Å². The van der Waals surface area contributed by atoms with E-state index in [0.29, 0.717) is 79.3 Å². The number of esters is 1. The maximum atomic E-state index is 14.0. The van der Waals surface area contributed by atoms with Gasteiger partial charge in [-0.1, -0.05) is 116 Å². The molecule has 0 amide bonds. The molecule has 8 rings (SSSR count). The summed E-state index contributed by atoms with van der Waals surface area (Å²) in [6, 6.07) is 0. The molecule has 365 valence electrons. The normalized spacial score (nSPS) is 48.0. The van der Waals surface area contributed by atoms with E-state index in [1.54, 1.807) is 0 Å². The van der Waals surface area contributed by atoms with E-state index in [2.05, 4.69) is 116 Å². The van der Waals surface area contributed by atoms with Gasteiger partial charge >= 0.3 is 55.4 Å². The number of rotatable bonds is 9. The van der Waals surface area contributed by atoms with Crippen molar-refractivity contribution < 1.29 is 28.9 Å². The average Bonchev–Trinajstić information content (AvgIpc) is 3.79. The molecule has 7 heteroatoms. The Labute approximate surface area is 418 Å². The van der Waals surface area contributed by atoms with Crippen LogP contribution in [0, 0.1) is 116 Å². The molecular weight excluding hydrogens is 1040 g/mol. The SMILES string of the molecule is C.CCC[C@@H](C)C1CCC2C3C(CC[C@@]21C)[C@@]1(C)CC[C@@H](C)C[C@H]1[C@@H](CC)[C@H]3O.CC[C@H]1C(=O)C2C3CCC([C@H](C)CCC(=O)OC)[C@@]3(C)CCC2[C@@]2(C)CC[C@@H](C)C[C@@H]12.[I][V][I]. The predicted molar refractivity (Wildman–Crippen MR) is 278 cm³/mol. The fourth-order valence-corrected chi connectivity index (χ4v) is 19.3. The zero-order valence-corrected chi connectivity index (χ0v) is 47.5. The van der Waals surface area contributed by atoms with Crippen LogP contribution in [0.25, 0.3) is 0 Å². The molecule has 0 aromatic heterocycles. The first kappa shape index (κ1) is 55.1. The molecule has 8 saturated carbocycles. The summed E-state index contributed by atoms with van der Waals surface area (Å²) < 4.78 is 4.89. The van der Waals surface area contributed by atoms with E-state index in [-0.39, 0.29) is 36.8 Å². The van der Waals surface area contributed by atoms with Gasteiger partial charge < -0.3 is 9.84 Å². The number of aliphatic hydroxyl groups excluding tert-OH is 1. The second-order valence-corrected chi connectivity index (χ2v) is 36.7. The fourth-order valence-electron chi connectivity index (χ4n) is 19.3. The Bertz CT molecular complexity index is 1510. The van der Waals surface area contributed by atoms with Crippen LogP contribution in [0.1, 0.15) is 212 Å². The van der Waals surface area contributed by atoms with Crippen molar-refractivity contribution in [2.45, 2.75) is 218 Å². The van der Waals surface area contributed by atoms with Gasteiger partial charge in [0, 0.05) is 18.3 Å². The molecule has 8 unspecified atom stereocenters. The summed E-state index contributed by atoms with van der Waals surface area (Å²) in [5, 5.41) is 11.8. The first-order valence-corrected chi connectivity index (χ1v) is 35.6. The quantitative estimate of drug-likeness (QED) is 0.185. The summed E-state index contributed by atoms with van der Waals surface area (Å²) in [5.41, 5.74) is 1.60. The van der Waals surface area contributed by atoms with E-state index in [4.69, 9.17) is 4.74 Å². The van der Waals surface area contributed by atoms with Gasteiger partial charge in [0.05, 0.1) is 13.2 Å². The van der Waals surface area contributed by atoms with Crippen LogP contribution in [-0.2, 0) is 23.8 Å². The summed E-state index contributed by atoms with van der Waals surface area (Å²) in [6.07, 6.45) is 25.0. The van der Waals surface area contributed by atoms with E-state index >= 15 is 0 Å². The van der Waals surface area contributed by atoms with Crippen molar-refractivity contribution in [2.75, 3.05) is 7.11 Å². The van der Waals surface area contributed by atoms with Crippen LogP contribution in [0.2, 0.25) is 0 Å². The summed E-state index contributed by atoms with van der Waals surface area (Å²) in [4.78, 5) is 25.8. The van der Waals surface area contributed by atoms with Crippen molar-refractivity contribution in [3.63, 3.8) is 0 Å². The van der Waals surface area contributed by atoms with Crippen LogP contribution >= 0.6 is 40.0 Å². The molecule has 8 aliphatic rings. The number of fused-ring (bicyclic) bond motifs is 10. The molecule has 21 atom stereocenters. The fraction of sp³-hybridized carbons (Fsp3) is 0.964. The van der Waals surface area contributed by atoms with Crippen LogP contribution in [0.4, 0.5) is 0 Å². The Hall–Kier alpha value is 1.14. The predicted octanol–water partition coefficient (Wildman–Crippen LogP) is 16.4. The summed E-state index contributed by atoms with van der Waals surface area (Å²) in [5.74, 6) is 10.9. The topological polar surface area (TPSA) is 63.6 Å². The number of hydrogen-bond acceptors (Lipinski definition) is 4. The van der Waals surface area contributed by atoms with E-state index < -0.39 is 0 Å². The summed E-state index contributed by atoms with van der Waals surface area (Å²) >= 11 is 4.74. The van der Waals surface area contributed by atoms with Gasteiger partial charge in [0.1, 0.15) is 5.78 Å². The number of halogens is 2. The Morgan fingerprint density at radius 3 is 1.70 bits per heavy atom. The molecule has 0 aromatic rings. The average molecular weight is 1140 g/mol. The third kappa shape index (κ3) is 10.1. The van der Waals surface area contributed by atoms with Crippen molar-refractivity contribution in [1.29, 1.82) is 0 Å². The molecule has 63 heavy (non-hydrogen) atoms. The molecule has 8 fully saturated rings. The Morgan fingerprint density at radius 2 is 1.16 bits per heavy atom. The van der Waals surface area contributed by atoms with Gasteiger partial charge in [0.15, 0.2) is 0 Å². The first-order valence-electron chi connectivity index (χ1n) is 26.6. The Balaban J connectivity index is 0.000000221. The summed E-state index contributed by atoms with van der Waals surface area (Å²) in [7, 11) is 2.11. The van der Waals surface area contributed by atoms with E-state index in [1.807, 2.05) is 0 Å². The minimum absolute atomic E-state index is 0. The molecule has 4 nitrogen and oxygen atoms in total. The number of ketones is 1. The maximum absolute atomic E-state index is 14.0. The number of methoxy groups -OCH3 is 1. The molecule has 0 heterocycles. The van der Waals surface area contributed by atoms with Gasteiger partial charge in [-0.15, -0.1) is 0 Å². The number of carbonyl (C=O) groups is 2. The van der Waals surface area contributed by atoms with Crippen LogP contribution in [-0.4, -0.2) is 30.1 Å². The van der Waals surface area contributed by atoms with E-state index in [0.717, 1.165) is 54.3 Å². The molecule has 0 bridgehead atoms.